The number of hydrogen-bond donors (Lipinski definition) is 1. The number of amides is 1. The van der Waals surface area contributed by atoms with Crippen molar-refractivity contribution in [2.24, 2.45) is 0 Å². The van der Waals surface area contributed by atoms with Crippen LogP contribution in [0.5, 0.6) is 5.75 Å². The SMILES string of the molecule is COc1cccc(NC(=O)c2cnn(-c3cccc(C(F)(F)F)c3)c2C)c1. The fraction of sp³-hybridized carbons (Fsp3) is 0.158. The molecule has 5 nitrogen and oxygen atoms in total. The third-order valence-electron chi connectivity index (χ3n) is 4.00. The summed E-state index contributed by atoms with van der Waals surface area (Å²) in [7, 11) is 1.52. The minimum absolute atomic E-state index is 0.225. The van der Waals surface area contributed by atoms with E-state index in [1.807, 2.05) is 0 Å². The molecular weight excluding hydrogens is 359 g/mol. The first-order valence-electron chi connectivity index (χ1n) is 7.97. The molecule has 0 aliphatic carbocycles. The van der Waals surface area contributed by atoms with E-state index in [2.05, 4.69) is 10.4 Å². The van der Waals surface area contributed by atoms with Gasteiger partial charge in [0.2, 0.25) is 0 Å². The van der Waals surface area contributed by atoms with E-state index in [9.17, 15) is 18.0 Å². The second-order valence-electron chi connectivity index (χ2n) is 5.79. The van der Waals surface area contributed by atoms with Crippen LogP contribution in [0.3, 0.4) is 0 Å². The number of alkyl halides is 3. The molecule has 0 bridgehead atoms. The van der Waals surface area contributed by atoms with Crippen LogP contribution in [0.1, 0.15) is 21.6 Å². The number of anilines is 1. The van der Waals surface area contributed by atoms with Crippen molar-refractivity contribution in [1.82, 2.24) is 9.78 Å². The average Bonchev–Trinajstić information content (AvgIpc) is 3.03. The van der Waals surface area contributed by atoms with Gasteiger partial charge in [0.05, 0.1) is 35.8 Å². The van der Waals surface area contributed by atoms with Crippen LogP contribution in [0.2, 0.25) is 0 Å². The molecule has 0 aliphatic rings. The molecule has 1 aromatic heterocycles. The summed E-state index contributed by atoms with van der Waals surface area (Å²) in [5.74, 6) is 0.170. The second-order valence-corrected chi connectivity index (χ2v) is 5.79. The van der Waals surface area contributed by atoms with E-state index in [4.69, 9.17) is 4.74 Å². The molecule has 0 aliphatic heterocycles. The molecule has 3 aromatic rings. The van der Waals surface area contributed by atoms with Gasteiger partial charge in [0.15, 0.2) is 0 Å². The number of nitrogens with one attached hydrogen (secondary N) is 1. The first-order chi connectivity index (χ1) is 12.8. The molecule has 27 heavy (non-hydrogen) atoms. The number of carbonyl (C=O) groups excluding carboxylic acids is 1. The van der Waals surface area contributed by atoms with Gasteiger partial charge in [0.1, 0.15) is 5.75 Å². The van der Waals surface area contributed by atoms with Crippen LogP contribution in [0.25, 0.3) is 5.69 Å². The molecule has 0 unspecified atom stereocenters. The zero-order valence-corrected chi connectivity index (χ0v) is 14.5. The summed E-state index contributed by atoms with van der Waals surface area (Å²) in [4.78, 5) is 12.5. The van der Waals surface area contributed by atoms with Crippen molar-refractivity contribution in [3.63, 3.8) is 0 Å². The molecule has 0 atom stereocenters. The van der Waals surface area contributed by atoms with Crippen molar-refractivity contribution in [3.8, 4) is 11.4 Å². The standard InChI is InChI=1S/C19H16F3N3O2/c1-12-17(18(26)24-14-6-4-8-16(10-14)27-2)11-23-25(12)15-7-3-5-13(9-15)19(20,21)22/h3-11H,1-2H3,(H,24,26). The van der Waals surface area contributed by atoms with Crippen LogP contribution in [-0.2, 0) is 6.18 Å². The highest BCUT2D eigenvalue weighted by Crippen LogP contribution is 2.30. The predicted molar refractivity (Wildman–Crippen MR) is 94.3 cm³/mol. The fourth-order valence-electron chi connectivity index (χ4n) is 2.61. The van der Waals surface area contributed by atoms with Crippen molar-refractivity contribution < 1.29 is 22.7 Å². The third kappa shape index (κ3) is 3.94. The summed E-state index contributed by atoms with van der Waals surface area (Å²) in [6, 6.07) is 11.6. The first kappa shape index (κ1) is 18.5. The number of carbonyl (C=O) groups is 1. The number of aromatic nitrogens is 2. The Hall–Kier alpha value is -3.29. The van der Waals surface area contributed by atoms with Gasteiger partial charge >= 0.3 is 6.18 Å². The van der Waals surface area contributed by atoms with E-state index in [0.717, 1.165) is 12.1 Å². The monoisotopic (exact) mass is 375 g/mol. The molecule has 0 fully saturated rings. The maximum absolute atomic E-state index is 12.9. The Morgan fingerprint density at radius 2 is 1.89 bits per heavy atom. The van der Waals surface area contributed by atoms with Gasteiger partial charge in [-0.2, -0.15) is 18.3 Å². The number of halogens is 3. The van der Waals surface area contributed by atoms with Gasteiger partial charge < -0.3 is 10.1 Å². The van der Waals surface area contributed by atoms with E-state index in [-0.39, 0.29) is 11.3 Å². The lowest BCUT2D eigenvalue weighted by Crippen LogP contribution is -2.13. The van der Waals surface area contributed by atoms with E-state index in [1.54, 1.807) is 31.2 Å². The average molecular weight is 375 g/mol. The van der Waals surface area contributed by atoms with E-state index < -0.39 is 17.6 Å². The van der Waals surface area contributed by atoms with Crippen molar-refractivity contribution in [2.45, 2.75) is 13.1 Å². The Balaban J connectivity index is 1.88. The Morgan fingerprint density at radius 1 is 1.15 bits per heavy atom. The Kier molecular flexibility index (Phi) is 4.89. The van der Waals surface area contributed by atoms with E-state index in [0.29, 0.717) is 17.1 Å². The van der Waals surface area contributed by atoms with Crippen LogP contribution < -0.4 is 10.1 Å². The zero-order chi connectivity index (χ0) is 19.6. The summed E-state index contributed by atoms with van der Waals surface area (Å²) in [6.45, 7) is 1.62. The molecule has 2 aromatic carbocycles. The molecule has 1 amide bonds. The predicted octanol–water partition coefficient (Wildman–Crippen LogP) is 4.46. The van der Waals surface area contributed by atoms with Crippen LogP contribution in [0, 0.1) is 6.92 Å². The number of hydrogen-bond acceptors (Lipinski definition) is 3. The first-order valence-corrected chi connectivity index (χ1v) is 7.97. The fourth-order valence-corrected chi connectivity index (χ4v) is 2.61. The van der Waals surface area contributed by atoms with Crippen molar-refractivity contribution in [3.05, 3.63) is 71.5 Å². The maximum Gasteiger partial charge on any atom is 0.416 e. The molecule has 140 valence electrons. The Labute approximate surface area is 153 Å². The molecule has 1 N–H and O–H groups in total. The maximum atomic E-state index is 12.9. The lowest BCUT2D eigenvalue weighted by atomic mass is 10.2. The highest BCUT2D eigenvalue weighted by Gasteiger charge is 2.30. The van der Waals surface area contributed by atoms with Crippen LogP contribution >= 0.6 is 0 Å². The largest absolute Gasteiger partial charge is 0.497 e. The summed E-state index contributed by atoms with van der Waals surface area (Å²) < 4.78 is 45.2. The lowest BCUT2D eigenvalue weighted by molar-refractivity contribution is -0.137. The highest BCUT2D eigenvalue weighted by atomic mass is 19.4. The van der Waals surface area contributed by atoms with Crippen LogP contribution in [-0.4, -0.2) is 22.8 Å². The normalized spacial score (nSPS) is 11.3. The van der Waals surface area contributed by atoms with E-state index in [1.165, 1.54) is 30.1 Å². The van der Waals surface area contributed by atoms with Gasteiger partial charge in [-0.1, -0.05) is 12.1 Å². The number of rotatable bonds is 4. The smallest absolute Gasteiger partial charge is 0.416 e. The molecule has 1 heterocycles. The highest BCUT2D eigenvalue weighted by molar-refractivity contribution is 6.05. The van der Waals surface area contributed by atoms with Crippen molar-refractivity contribution in [2.75, 3.05) is 12.4 Å². The molecule has 3 rings (SSSR count). The number of nitrogens with zero attached hydrogens (tertiary/aromatic N) is 2. The Bertz CT molecular complexity index is 980. The van der Waals surface area contributed by atoms with E-state index >= 15 is 0 Å². The van der Waals surface area contributed by atoms with Crippen LogP contribution in [0.4, 0.5) is 18.9 Å². The lowest BCUT2D eigenvalue weighted by Gasteiger charge is -2.10. The summed E-state index contributed by atoms with van der Waals surface area (Å²) in [5.41, 5.74) is 0.663. The van der Waals surface area contributed by atoms with Gasteiger partial charge in [-0.15, -0.1) is 0 Å². The molecule has 0 saturated heterocycles. The van der Waals surface area contributed by atoms with Crippen molar-refractivity contribution >= 4 is 11.6 Å². The summed E-state index contributed by atoms with van der Waals surface area (Å²) >= 11 is 0. The molecule has 0 saturated carbocycles. The minimum Gasteiger partial charge on any atom is -0.497 e. The topological polar surface area (TPSA) is 56.1 Å². The third-order valence-corrected chi connectivity index (χ3v) is 4.00. The Morgan fingerprint density at radius 3 is 2.59 bits per heavy atom. The summed E-state index contributed by atoms with van der Waals surface area (Å²) in [6.07, 6.45) is -3.13. The van der Waals surface area contributed by atoms with Crippen molar-refractivity contribution in [1.29, 1.82) is 0 Å². The molecule has 0 radical (unpaired) electrons. The zero-order valence-electron chi connectivity index (χ0n) is 14.5. The van der Waals surface area contributed by atoms with Crippen LogP contribution in [0.15, 0.2) is 54.7 Å². The molecule has 0 spiro atoms. The van der Waals surface area contributed by atoms with Gasteiger partial charge in [0, 0.05) is 11.8 Å². The van der Waals surface area contributed by atoms with Gasteiger partial charge in [0.25, 0.3) is 5.91 Å². The van der Waals surface area contributed by atoms with Gasteiger partial charge in [-0.05, 0) is 37.3 Å². The molecule has 8 heteroatoms. The second kappa shape index (κ2) is 7.14. The summed E-state index contributed by atoms with van der Waals surface area (Å²) in [5, 5.41) is 6.79. The molecular formula is C19H16F3N3O2. The van der Waals surface area contributed by atoms with Gasteiger partial charge in [-0.3, -0.25) is 4.79 Å². The number of methoxy groups -OCH3 is 1. The number of benzene rings is 2. The quantitative estimate of drug-likeness (QED) is 0.733. The number of ether oxygens (including phenoxy) is 1. The van der Waals surface area contributed by atoms with Gasteiger partial charge in [-0.25, -0.2) is 4.68 Å². The minimum atomic E-state index is -4.45.